The molecule has 0 radical (unpaired) electrons. The van der Waals surface area contributed by atoms with Crippen molar-refractivity contribution in [3.63, 3.8) is 0 Å². The Bertz CT molecular complexity index is 538. The van der Waals surface area contributed by atoms with Gasteiger partial charge in [0.1, 0.15) is 5.82 Å². The first-order valence-corrected chi connectivity index (χ1v) is 7.05. The number of terminal acetylenes is 1. The maximum Gasteiger partial charge on any atom is 0.256 e. The van der Waals surface area contributed by atoms with Gasteiger partial charge in [-0.1, -0.05) is 17.5 Å². The van der Waals surface area contributed by atoms with E-state index >= 15 is 0 Å². The van der Waals surface area contributed by atoms with E-state index in [0.717, 1.165) is 0 Å². The van der Waals surface area contributed by atoms with Crippen molar-refractivity contribution in [1.82, 2.24) is 10.3 Å². The second kappa shape index (κ2) is 7.87. The molecule has 0 aliphatic carbocycles. The predicted molar refractivity (Wildman–Crippen MR) is 84.6 cm³/mol. The van der Waals surface area contributed by atoms with Crippen molar-refractivity contribution in [2.75, 3.05) is 25.1 Å². The van der Waals surface area contributed by atoms with Gasteiger partial charge in [-0.2, -0.15) is 0 Å². The normalized spacial score (nSPS) is 10.8. The Morgan fingerprint density at radius 2 is 2.29 bits per heavy atom. The van der Waals surface area contributed by atoms with Crippen LogP contribution >= 0.6 is 11.6 Å². The SMILES string of the molecule is C#CC(C)(C)NC(=O)c1cc(Cl)cnc1NCCOCC. The van der Waals surface area contributed by atoms with Gasteiger partial charge in [-0.05, 0) is 26.8 Å². The summed E-state index contributed by atoms with van der Waals surface area (Å²) in [5.74, 6) is 2.63. The summed E-state index contributed by atoms with van der Waals surface area (Å²) in [7, 11) is 0. The summed E-state index contributed by atoms with van der Waals surface area (Å²) in [6.07, 6.45) is 6.86. The summed E-state index contributed by atoms with van der Waals surface area (Å²) in [5, 5.41) is 6.18. The van der Waals surface area contributed by atoms with Crippen LogP contribution in [0.3, 0.4) is 0 Å². The Balaban J connectivity index is 2.86. The topological polar surface area (TPSA) is 63.2 Å². The van der Waals surface area contributed by atoms with Gasteiger partial charge in [-0.15, -0.1) is 6.42 Å². The minimum atomic E-state index is -0.748. The number of aromatic nitrogens is 1. The van der Waals surface area contributed by atoms with Gasteiger partial charge >= 0.3 is 0 Å². The van der Waals surface area contributed by atoms with Crippen LogP contribution in [0.5, 0.6) is 0 Å². The number of carbonyl (C=O) groups is 1. The first-order valence-electron chi connectivity index (χ1n) is 6.67. The predicted octanol–water partition coefficient (Wildman–Crippen LogP) is 2.33. The van der Waals surface area contributed by atoms with E-state index in [0.29, 0.717) is 36.2 Å². The van der Waals surface area contributed by atoms with Gasteiger partial charge in [0.25, 0.3) is 5.91 Å². The largest absolute Gasteiger partial charge is 0.380 e. The second-order valence-electron chi connectivity index (χ2n) is 4.90. The summed E-state index contributed by atoms with van der Waals surface area (Å²) in [6, 6.07) is 1.56. The molecule has 1 aromatic rings. The Morgan fingerprint density at radius 3 is 2.90 bits per heavy atom. The highest BCUT2D eigenvalue weighted by Crippen LogP contribution is 2.18. The zero-order valence-corrected chi connectivity index (χ0v) is 13.3. The summed E-state index contributed by atoms with van der Waals surface area (Å²) >= 11 is 5.91. The van der Waals surface area contributed by atoms with Crippen LogP contribution in [0.15, 0.2) is 12.3 Å². The monoisotopic (exact) mass is 309 g/mol. The lowest BCUT2D eigenvalue weighted by atomic mass is 10.1. The molecule has 1 heterocycles. The molecule has 1 aromatic heterocycles. The van der Waals surface area contributed by atoms with Gasteiger partial charge in [0.2, 0.25) is 0 Å². The summed E-state index contributed by atoms with van der Waals surface area (Å²) < 4.78 is 5.23. The van der Waals surface area contributed by atoms with Gasteiger partial charge in [0.15, 0.2) is 0 Å². The number of nitrogens with one attached hydrogen (secondary N) is 2. The number of ether oxygens (including phenoxy) is 1. The number of carbonyl (C=O) groups excluding carboxylic acids is 1. The minimum Gasteiger partial charge on any atom is -0.380 e. The molecule has 0 saturated heterocycles. The van der Waals surface area contributed by atoms with E-state index in [9.17, 15) is 4.79 Å². The third-order valence-corrected chi connectivity index (χ3v) is 2.84. The number of anilines is 1. The molecular formula is C15H20ClN3O2. The van der Waals surface area contributed by atoms with Gasteiger partial charge < -0.3 is 15.4 Å². The molecule has 2 N–H and O–H groups in total. The lowest BCUT2D eigenvalue weighted by Gasteiger charge is -2.20. The molecule has 5 nitrogen and oxygen atoms in total. The zero-order chi connectivity index (χ0) is 15.9. The van der Waals surface area contributed by atoms with E-state index < -0.39 is 5.54 Å². The molecule has 0 aromatic carbocycles. The molecule has 0 saturated carbocycles. The highest BCUT2D eigenvalue weighted by atomic mass is 35.5. The van der Waals surface area contributed by atoms with Gasteiger partial charge in [-0.3, -0.25) is 4.79 Å². The lowest BCUT2D eigenvalue weighted by Crippen LogP contribution is -2.42. The van der Waals surface area contributed by atoms with Crippen molar-refractivity contribution in [3.8, 4) is 12.3 Å². The summed E-state index contributed by atoms with van der Waals surface area (Å²) in [5.41, 5.74) is -0.399. The maximum absolute atomic E-state index is 12.3. The number of nitrogens with zero attached hydrogens (tertiary/aromatic N) is 1. The quantitative estimate of drug-likeness (QED) is 0.599. The van der Waals surface area contributed by atoms with E-state index in [2.05, 4.69) is 21.5 Å². The van der Waals surface area contributed by atoms with Crippen molar-refractivity contribution in [2.45, 2.75) is 26.3 Å². The standard InChI is InChI=1S/C15H20ClN3O2/c1-5-15(3,4)19-14(20)12-9-11(16)10-18-13(12)17-7-8-21-6-2/h1,9-10H,6-8H2,2-4H3,(H,17,18)(H,19,20). The van der Waals surface area contributed by atoms with Crippen LogP contribution in [-0.4, -0.2) is 36.2 Å². The first kappa shape index (κ1) is 17.3. The smallest absolute Gasteiger partial charge is 0.256 e. The van der Waals surface area contributed by atoms with Crippen LogP contribution < -0.4 is 10.6 Å². The third kappa shape index (κ3) is 5.62. The molecule has 1 amide bonds. The van der Waals surface area contributed by atoms with Crippen LogP contribution in [0, 0.1) is 12.3 Å². The van der Waals surface area contributed by atoms with Crippen molar-refractivity contribution in [3.05, 3.63) is 22.8 Å². The molecule has 0 spiro atoms. The third-order valence-electron chi connectivity index (χ3n) is 2.63. The first-order chi connectivity index (χ1) is 9.89. The Kier molecular flexibility index (Phi) is 6.47. The molecule has 0 fully saturated rings. The van der Waals surface area contributed by atoms with Crippen molar-refractivity contribution in [1.29, 1.82) is 0 Å². The lowest BCUT2D eigenvalue weighted by molar-refractivity contribution is 0.0930. The van der Waals surface area contributed by atoms with Gasteiger partial charge in [0.05, 0.1) is 22.7 Å². The summed E-state index contributed by atoms with van der Waals surface area (Å²) in [6.45, 7) is 7.11. The molecule has 6 heteroatoms. The van der Waals surface area contributed by atoms with E-state index in [1.807, 2.05) is 6.92 Å². The fourth-order valence-electron chi connectivity index (χ4n) is 1.53. The number of halogens is 1. The Morgan fingerprint density at radius 1 is 1.57 bits per heavy atom. The number of hydrogen-bond donors (Lipinski definition) is 2. The van der Waals surface area contributed by atoms with E-state index in [-0.39, 0.29) is 5.91 Å². The van der Waals surface area contributed by atoms with Crippen LogP contribution in [-0.2, 0) is 4.74 Å². The average Bonchev–Trinajstić information content (AvgIpc) is 2.44. The van der Waals surface area contributed by atoms with Crippen molar-refractivity contribution >= 4 is 23.3 Å². The minimum absolute atomic E-state index is 0.327. The van der Waals surface area contributed by atoms with Crippen LogP contribution in [0.2, 0.25) is 5.02 Å². The van der Waals surface area contributed by atoms with E-state index in [4.69, 9.17) is 22.8 Å². The van der Waals surface area contributed by atoms with Crippen molar-refractivity contribution in [2.24, 2.45) is 0 Å². The Hall–Kier alpha value is -1.77. The molecule has 0 aliphatic rings. The number of rotatable bonds is 7. The highest BCUT2D eigenvalue weighted by Gasteiger charge is 2.21. The fourth-order valence-corrected chi connectivity index (χ4v) is 1.68. The molecule has 0 atom stereocenters. The molecular weight excluding hydrogens is 290 g/mol. The van der Waals surface area contributed by atoms with Gasteiger partial charge in [0, 0.05) is 19.3 Å². The fraction of sp³-hybridized carbons (Fsp3) is 0.467. The van der Waals surface area contributed by atoms with Crippen LogP contribution in [0.25, 0.3) is 0 Å². The molecule has 114 valence electrons. The average molecular weight is 310 g/mol. The van der Waals surface area contributed by atoms with Crippen LogP contribution in [0.1, 0.15) is 31.1 Å². The molecule has 21 heavy (non-hydrogen) atoms. The summed E-state index contributed by atoms with van der Waals surface area (Å²) in [4.78, 5) is 16.4. The number of hydrogen-bond acceptors (Lipinski definition) is 4. The van der Waals surface area contributed by atoms with Crippen molar-refractivity contribution < 1.29 is 9.53 Å². The molecule has 0 unspecified atom stereocenters. The molecule has 1 rings (SSSR count). The number of pyridine rings is 1. The second-order valence-corrected chi connectivity index (χ2v) is 5.33. The highest BCUT2D eigenvalue weighted by molar-refractivity contribution is 6.31. The van der Waals surface area contributed by atoms with E-state index in [1.54, 1.807) is 19.9 Å². The maximum atomic E-state index is 12.3. The van der Waals surface area contributed by atoms with Crippen LogP contribution in [0.4, 0.5) is 5.82 Å². The zero-order valence-electron chi connectivity index (χ0n) is 12.5. The van der Waals surface area contributed by atoms with E-state index in [1.165, 1.54) is 6.20 Å². The van der Waals surface area contributed by atoms with Gasteiger partial charge in [-0.25, -0.2) is 4.98 Å². The molecule has 0 aliphatic heterocycles. The number of amides is 1. The Labute approximate surface area is 130 Å². The molecule has 0 bridgehead atoms.